The van der Waals surface area contributed by atoms with Gasteiger partial charge >= 0.3 is 27.3 Å². The second-order valence-corrected chi connectivity index (χ2v) is 3.00. The molecule has 0 fully saturated rings. The summed E-state index contributed by atoms with van der Waals surface area (Å²) < 4.78 is 29.5. The number of carboxylic acid groups (broad SMARTS) is 1. The normalized spacial score (nSPS) is 9.91. The zero-order valence-corrected chi connectivity index (χ0v) is 10.1. The number of aliphatic carboxylic acids is 1. The molecule has 0 amide bonds. The monoisotopic (exact) mass is 372 g/mol. The van der Waals surface area contributed by atoms with Crippen molar-refractivity contribution < 1.29 is 22.9 Å². The smallest absolute Gasteiger partial charge is 0.748 e. The first-order valence-corrected chi connectivity index (χ1v) is 3.73. The molecular weight excluding hydrogens is 367 g/mol. The van der Waals surface area contributed by atoms with Crippen molar-refractivity contribution in [1.29, 1.82) is 0 Å². The van der Waals surface area contributed by atoms with Gasteiger partial charge in [-0.25, -0.2) is 8.42 Å². The van der Waals surface area contributed by atoms with Gasteiger partial charge in [0.25, 0.3) is 0 Å². The van der Waals surface area contributed by atoms with Gasteiger partial charge < -0.3 is 14.5 Å². The molecule has 0 aromatic rings. The van der Waals surface area contributed by atoms with Crippen LogP contribution in [0.25, 0.3) is 0 Å². The van der Waals surface area contributed by atoms with E-state index in [0.29, 0.717) is 0 Å². The molecule has 0 saturated heterocycles. The summed E-state index contributed by atoms with van der Waals surface area (Å²) in [5.41, 5.74) is -0.727. The first-order chi connectivity index (χ1) is 4.33. The van der Waals surface area contributed by atoms with E-state index in [1.54, 1.807) is 0 Å². The van der Waals surface area contributed by atoms with Crippen LogP contribution in [0.4, 0.5) is 0 Å². The van der Waals surface area contributed by atoms with Crippen molar-refractivity contribution in [3.05, 3.63) is 12.2 Å². The maximum Gasteiger partial charge on any atom is 2.00 e. The van der Waals surface area contributed by atoms with E-state index in [1.165, 1.54) is 0 Å². The Bertz CT molecular complexity index is 254. The van der Waals surface area contributed by atoms with Crippen LogP contribution in [-0.4, -0.2) is 52.0 Å². The Hall–Kier alpha value is 0.0421. The SMILES string of the molecule is C=C(CS(=O)(=O)[O-])C(=O)[O-].[Pb+2]. The molecule has 0 spiro atoms. The minimum Gasteiger partial charge on any atom is -0.748 e. The maximum absolute atomic E-state index is 9.84. The summed E-state index contributed by atoms with van der Waals surface area (Å²) in [6.45, 7) is 2.80. The van der Waals surface area contributed by atoms with Crippen molar-refractivity contribution in [2.75, 3.05) is 5.75 Å². The summed E-state index contributed by atoms with van der Waals surface area (Å²) in [7, 11) is -4.54. The summed E-state index contributed by atoms with van der Waals surface area (Å²) >= 11 is 0. The molecule has 0 aliphatic heterocycles. The van der Waals surface area contributed by atoms with Crippen LogP contribution >= 0.6 is 0 Å². The van der Waals surface area contributed by atoms with E-state index in [0.717, 1.165) is 0 Å². The van der Waals surface area contributed by atoms with Gasteiger partial charge in [-0.15, -0.1) is 0 Å². The summed E-state index contributed by atoms with van der Waals surface area (Å²) in [5, 5.41) is 9.76. The quantitative estimate of drug-likeness (QED) is 0.309. The molecule has 60 valence electrons. The second-order valence-electron chi connectivity index (χ2n) is 1.59. The second kappa shape index (κ2) is 4.83. The molecule has 2 radical (unpaired) electrons. The molecule has 0 unspecified atom stereocenters. The van der Waals surface area contributed by atoms with Gasteiger partial charge in [-0.1, -0.05) is 6.58 Å². The third kappa shape index (κ3) is 7.94. The average Bonchev–Trinajstić information content (AvgIpc) is 1.60. The summed E-state index contributed by atoms with van der Waals surface area (Å²) in [5.74, 6) is -2.82. The van der Waals surface area contributed by atoms with Crippen LogP contribution in [0.5, 0.6) is 0 Å². The fourth-order valence-electron chi connectivity index (χ4n) is 0.272. The molecular formula is C4H4O5PbS. The van der Waals surface area contributed by atoms with Crippen LogP contribution in [0, 0.1) is 0 Å². The largest absolute Gasteiger partial charge is 2.00 e. The van der Waals surface area contributed by atoms with Crippen LogP contribution in [0.15, 0.2) is 12.2 Å². The molecule has 0 heterocycles. The van der Waals surface area contributed by atoms with E-state index in [1.807, 2.05) is 0 Å². The fraction of sp³-hybridized carbons (Fsp3) is 0.250. The van der Waals surface area contributed by atoms with Gasteiger partial charge in [-0.2, -0.15) is 0 Å². The van der Waals surface area contributed by atoms with Crippen LogP contribution in [0.2, 0.25) is 0 Å². The van der Waals surface area contributed by atoms with Gasteiger partial charge in [0, 0.05) is 0 Å². The Labute approximate surface area is 84.0 Å². The van der Waals surface area contributed by atoms with E-state index < -0.39 is 27.4 Å². The van der Waals surface area contributed by atoms with E-state index >= 15 is 0 Å². The van der Waals surface area contributed by atoms with Gasteiger partial charge in [0.2, 0.25) is 0 Å². The molecule has 0 aliphatic rings. The van der Waals surface area contributed by atoms with Crippen molar-refractivity contribution in [1.82, 2.24) is 0 Å². The van der Waals surface area contributed by atoms with E-state index in [4.69, 9.17) is 0 Å². The van der Waals surface area contributed by atoms with Crippen molar-refractivity contribution in [2.45, 2.75) is 0 Å². The van der Waals surface area contributed by atoms with Gasteiger partial charge in [0.05, 0.1) is 21.8 Å². The van der Waals surface area contributed by atoms with Gasteiger partial charge in [0.15, 0.2) is 0 Å². The minimum absolute atomic E-state index is 0. The third-order valence-corrected chi connectivity index (χ3v) is 1.34. The molecule has 0 bridgehead atoms. The van der Waals surface area contributed by atoms with Crippen LogP contribution in [-0.2, 0) is 14.9 Å². The van der Waals surface area contributed by atoms with Crippen LogP contribution in [0.1, 0.15) is 0 Å². The zero-order chi connectivity index (χ0) is 8.36. The molecule has 7 heteroatoms. The Morgan fingerprint density at radius 3 is 1.91 bits per heavy atom. The zero-order valence-electron chi connectivity index (χ0n) is 5.36. The topological polar surface area (TPSA) is 97.3 Å². The van der Waals surface area contributed by atoms with Crippen molar-refractivity contribution in [3.8, 4) is 0 Å². The number of carbonyl (C=O) groups excluding carboxylic acids is 1. The molecule has 0 aromatic carbocycles. The van der Waals surface area contributed by atoms with Crippen LogP contribution < -0.4 is 5.11 Å². The Kier molecular flexibility index (Phi) is 5.98. The first kappa shape index (κ1) is 13.6. The van der Waals surface area contributed by atoms with E-state index in [-0.39, 0.29) is 27.3 Å². The number of rotatable bonds is 3. The molecule has 5 nitrogen and oxygen atoms in total. The standard InChI is InChI=1S/C4H6O5S.Pb/c1-3(4(5)6)2-10(7,8)9;/h1-2H2,(H,5,6)(H,7,8,9);/q;+2/p-2. The number of hydrogen-bond donors (Lipinski definition) is 0. The summed E-state index contributed by atoms with van der Waals surface area (Å²) in [6, 6.07) is 0. The van der Waals surface area contributed by atoms with Gasteiger partial charge in [-0.05, 0) is 5.57 Å². The van der Waals surface area contributed by atoms with Gasteiger partial charge in [0.1, 0.15) is 0 Å². The van der Waals surface area contributed by atoms with E-state index in [9.17, 15) is 22.9 Å². The van der Waals surface area contributed by atoms with E-state index in [2.05, 4.69) is 6.58 Å². The number of carboxylic acids is 1. The van der Waals surface area contributed by atoms with Crippen molar-refractivity contribution >= 4 is 43.4 Å². The predicted molar refractivity (Wildman–Crippen MR) is 34.5 cm³/mol. The predicted octanol–water partition coefficient (Wildman–Crippen LogP) is -2.54. The Morgan fingerprint density at radius 1 is 1.45 bits per heavy atom. The average molecular weight is 371 g/mol. The number of carbonyl (C=O) groups is 1. The number of hydrogen-bond acceptors (Lipinski definition) is 5. The summed E-state index contributed by atoms with van der Waals surface area (Å²) in [6.07, 6.45) is 0. The van der Waals surface area contributed by atoms with Crippen molar-refractivity contribution in [2.24, 2.45) is 0 Å². The third-order valence-electron chi connectivity index (χ3n) is 0.640. The van der Waals surface area contributed by atoms with Gasteiger partial charge in [-0.3, -0.25) is 0 Å². The van der Waals surface area contributed by atoms with Crippen LogP contribution in [0.3, 0.4) is 0 Å². The Balaban J connectivity index is 0. The maximum atomic E-state index is 9.84. The molecule has 11 heavy (non-hydrogen) atoms. The molecule has 0 atom stereocenters. The Morgan fingerprint density at radius 2 is 1.82 bits per heavy atom. The summed E-state index contributed by atoms with van der Waals surface area (Å²) in [4.78, 5) is 9.76. The first-order valence-electron chi connectivity index (χ1n) is 2.15. The van der Waals surface area contributed by atoms with Crippen molar-refractivity contribution in [3.63, 3.8) is 0 Å². The minimum atomic E-state index is -4.54. The molecule has 0 aliphatic carbocycles. The molecule has 0 rings (SSSR count). The molecule has 0 saturated carbocycles. The fourth-order valence-corrected chi connectivity index (χ4v) is 0.817. The molecule has 0 N–H and O–H groups in total. The molecule has 0 aromatic heterocycles.